The van der Waals surface area contributed by atoms with Crippen LogP contribution >= 0.6 is 0 Å². The molecule has 1 atom stereocenters. The molecule has 0 fully saturated rings. The zero-order valence-corrected chi connectivity index (χ0v) is 16.2. The number of aryl methyl sites for hydroxylation is 1. The van der Waals surface area contributed by atoms with E-state index in [0.29, 0.717) is 5.56 Å². The number of hydrogen-bond donors (Lipinski definition) is 2. The summed E-state index contributed by atoms with van der Waals surface area (Å²) in [6, 6.07) is 10.3. The average molecular weight is 371 g/mol. The van der Waals surface area contributed by atoms with Gasteiger partial charge in [-0.25, -0.2) is 9.18 Å². The minimum atomic E-state index is -1.09. The zero-order chi connectivity index (χ0) is 19.8. The third kappa shape index (κ3) is 4.07. The van der Waals surface area contributed by atoms with Crippen molar-refractivity contribution in [3.63, 3.8) is 0 Å². The van der Waals surface area contributed by atoms with Crippen molar-refractivity contribution in [2.45, 2.75) is 52.7 Å². The molecule has 2 N–H and O–H groups in total. The molecule has 1 amide bonds. The molecule has 3 rings (SSSR count). The summed E-state index contributed by atoms with van der Waals surface area (Å²) in [6.07, 6.45) is 0.614. The molecule has 0 bridgehead atoms. The summed E-state index contributed by atoms with van der Waals surface area (Å²) >= 11 is 0. The number of fused-ring (bicyclic) bond motifs is 1. The van der Waals surface area contributed by atoms with Crippen LogP contribution in [-0.2, 0) is 6.42 Å². The first-order valence-electron chi connectivity index (χ1n) is 9.26. The van der Waals surface area contributed by atoms with Gasteiger partial charge in [0.15, 0.2) is 0 Å². The van der Waals surface area contributed by atoms with E-state index in [1.54, 1.807) is 0 Å². The van der Waals surface area contributed by atoms with Crippen LogP contribution in [0.1, 0.15) is 51.3 Å². The molecule has 0 spiro atoms. The summed E-state index contributed by atoms with van der Waals surface area (Å²) in [4.78, 5) is 11.2. The van der Waals surface area contributed by atoms with Gasteiger partial charge in [-0.2, -0.15) is 0 Å². The Kier molecular flexibility index (Phi) is 5.13. The molecule has 5 heteroatoms. The number of carbonyl (C=O) groups is 1. The van der Waals surface area contributed by atoms with Crippen LogP contribution in [0.25, 0.3) is 11.1 Å². The van der Waals surface area contributed by atoms with Gasteiger partial charge in [0, 0.05) is 5.56 Å². The predicted molar refractivity (Wildman–Crippen MR) is 104 cm³/mol. The van der Waals surface area contributed by atoms with Crippen LogP contribution in [0.5, 0.6) is 5.75 Å². The molecule has 0 aromatic heterocycles. The number of amides is 1. The second kappa shape index (κ2) is 7.22. The second-order valence-electron chi connectivity index (χ2n) is 8.09. The number of benzene rings is 2. The van der Waals surface area contributed by atoms with Gasteiger partial charge in [-0.3, -0.25) is 0 Å². The van der Waals surface area contributed by atoms with E-state index in [1.165, 1.54) is 6.07 Å². The lowest BCUT2D eigenvalue weighted by atomic mass is 9.70. The van der Waals surface area contributed by atoms with Gasteiger partial charge in [0.05, 0.1) is 12.1 Å². The molecule has 0 heterocycles. The van der Waals surface area contributed by atoms with Crippen LogP contribution in [0.3, 0.4) is 0 Å². The molecule has 2 aromatic carbocycles. The monoisotopic (exact) mass is 371 g/mol. The van der Waals surface area contributed by atoms with Crippen LogP contribution in [0.4, 0.5) is 9.18 Å². The molecule has 0 radical (unpaired) electrons. The Morgan fingerprint density at radius 2 is 1.93 bits per heavy atom. The average Bonchev–Trinajstić information content (AvgIpc) is 2.57. The number of halogens is 1. The Bertz CT molecular complexity index is 843. The normalized spacial score (nSPS) is 18.1. The Labute approximate surface area is 159 Å². The summed E-state index contributed by atoms with van der Waals surface area (Å²) in [6.45, 7) is 7.94. The minimum absolute atomic E-state index is 0.0818. The molecule has 0 aliphatic heterocycles. The van der Waals surface area contributed by atoms with E-state index in [2.05, 4.69) is 5.32 Å². The van der Waals surface area contributed by atoms with Crippen LogP contribution in [0.15, 0.2) is 36.4 Å². The van der Waals surface area contributed by atoms with E-state index in [4.69, 9.17) is 4.74 Å². The number of rotatable bonds is 4. The molecule has 27 heavy (non-hydrogen) atoms. The number of nitrogens with one attached hydrogen (secondary N) is 1. The van der Waals surface area contributed by atoms with Crippen molar-refractivity contribution in [1.82, 2.24) is 5.32 Å². The first-order valence-corrected chi connectivity index (χ1v) is 9.26. The maximum absolute atomic E-state index is 14.9. The van der Waals surface area contributed by atoms with Crippen molar-refractivity contribution in [2.24, 2.45) is 5.41 Å². The lowest BCUT2D eigenvalue weighted by Crippen LogP contribution is -2.40. The van der Waals surface area contributed by atoms with Crippen molar-refractivity contribution < 1.29 is 19.0 Å². The van der Waals surface area contributed by atoms with Crippen molar-refractivity contribution >= 4 is 6.09 Å². The molecule has 0 saturated heterocycles. The first-order chi connectivity index (χ1) is 12.7. The second-order valence-corrected chi connectivity index (χ2v) is 8.09. The predicted octanol–water partition coefficient (Wildman–Crippen LogP) is 5.56. The topological polar surface area (TPSA) is 58.6 Å². The highest BCUT2D eigenvalue weighted by atomic mass is 19.1. The molecular weight excluding hydrogens is 345 g/mol. The van der Waals surface area contributed by atoms with Gasteiger partial charge < -0.3 is 15.2 Å². The molecule has 0 saturated carbocycles. The molecule has 144 valence electrons. The van der Waals surface area contributed by atoms with Gasteiger partial charge in [-0.15, -0.1) is 0 Å². The third-order valence-corrected chi connectivity index (χ3v) is 5.16. The van der Waals surface area contributed by atoms with E-state index < -0.39 is 12.1 Å². The van der Waals surface area contributed by atoms with Crippen LogP contribution in [0.2, 0.25) is 0 Å². The van der Waals surface area contributed by atoms with E-state index in [9.17, 15) is 14.3 Å². The largest absolute Gasteiger partial charge is 0.491 e. The van der Waals surface area contributed by atoms with E-state index >= 15 is 0 Å². The summed E-state index contributed by atoms with van der Waals surface area (Å²) in [5.74, 6) is 0.403. The van der Waals surface area contributed by atoms with Crippen LogP contribution in [0, 0.1) is 11.2 Å². The molecule has 1 aliphatic rings. The summed E-state index contributed by atoms with van der Waals surface area (Å²) < 4.78 is 20.6. The smallest absolute Gasteiger partial charge is 0.405 e. The van der Waals surface area contributed by atoms with Gasteiger partial charge in [0.1, 0.15) is 11.6 Å². The maximum Gasteiger partial charge on any atom is 0.405 e. The Balaban J connectivity index is 1.98. The minimum Gasteiger partial charge on any atom is -0.491 e. The van der Waals surface area contributed by atoms with Gasteiger partial charge >= 0.3 is 6.09 Å². The summed E-state index contributed by atoms with van der Waals surface area (Å²) in [5.41, 5.74) is 2.76. The third-order valence-electron chi connectivity index (χ3n) is 5.16. The van der Waals surface area contributed by atoms with Gasteiger partial charge in [0.2, 0.25) is 0 Å². The van der Waals surface area contributed by atoms with E-state index in [1.807, 2.05) is 58.0 Å². The highest BCUT2D eigenvalue weighted by Gasteiger charge is 2.37. The molecule has 2 aromatic rings. The number of carboxylic acid groups (broad SMARTS) is 1. The highest BCUT2D eigenvalue weighted by Crippen LogP contribution is 2.45. The zero-order valence-electron chi connectivity index (χ0n) is 16.2. The SMILES string of the molecule is CC(C)Oc1ccc(-c2cc3c(cc2F)[C@H](NC(=O)O)C(C)(C)CC3)cc1. The van der Waals surface area contributed by atoms with Crippen LogP contribution < -0.4 is 10.1 Å². The molecule has 0 unspecified atom stereocenters. The van der Waals surface area contributed by atoms with Crippen molar-refractivity contribution in [1.29, 1.82) is 0 Å². The fraction of sp³-hybridized carbons (Fsp3) is 0.409. The van der Waals surface area contributed by atoms with Crippen LogP contribution in [-0.4, -0.2) is 17.3 Å². The van der Waals surface area contributed by atoms with E-state index in [0.717, 1.165) is 35.3 Å². The quantitative estimate of drug-likeness (QED) is 0.739. The highest BCUT2D eigenvalue weighted by molar-refractivity contribution is 5.68. The van der Waals surface area contributed by atoms with Gasteiger partial charge in [-0.1, -0.05) is 26.0 Å². The number of hydrogen-bond acceptors (Lipinski definition) is 2. The van der Waals surface area contributed by atoms with Gasteiger partial charge in [-0.05, 0) is 73.1 Å². The molecular formula is C22H26FNO3. The molecule has 4 nitrogen and oxygen atoms in total. The molecule has 1 aliphatic carbocycles. The van der Waals surface area contributed by atoms with Gasteiger partial charge in [0.25, 0.3) is 0 Å². The first kappa shape index (κ1) is 19.2. The van der Waals surface area contributed by atoms with Crippen molar-refractivity contribution in [2.75, 3.05) is 0 Å². The fourth-order valence-corrected chi connectivity index (χ4v) is 3.74. The fourth-order valence-electron chi connectivity index (χ4n) is 3.74. The van der Waals surface area contributed by atoms with Crippen molar-refractivity contribution in [3.8, 4) is 16.9 Å². The number of ether oxygens (including phenoxy) is 1. The standard InChI is InChI=1S/C22H26FNO3/c1-13(2)27-16-7-5-14(6-8-16)17-11-15-9-10-22(3,4)20(24-21(25)26)18(15)12-19(17)23/h5-8,11-13,20,24H,9-10H2,1-4H3,(H,25,26)/t20-/m0/s1. The maximum atomic E-state index is 14.9. The Morgan fingerprint density at radius 1 is 1.26 bits per heavy atom. The van der Waals surface area contributed by atoms with E-state index in [-0.39, 0.29) is 17.3 Å². The Hall–Kier alpha value is -2.56. The lowest BCUT2D eigenvalue weighted by molar-refractivity contribution is 0.161. The summed E-state index contributed by atoms with van der Waals surface area (Å²) in [7, 11) is 0. The van der Waals surface area contributed by atoms with Crippen molar-refractivity contribution in [3.05, 3.63) is 53.3 Å². The Morgan fingerprint density at radius 3 is 2.52 bits per heavy atom. The summed E-state index contributed by atoms with van der Waals surface area (Å²) in [5, 5.41) is 11.8. The lowest BCUT2D eigenvalue weighted by Gasteiger charge is -2.40.